The van der Waals surface area contributed by atoms with Crippen molar-refractivity contribution in [3.63, 3.8) is 0 Å². The Labute approximate surface area is 270 Å². The number of nitrogens with zero attached hydrogens (tertiary/aromatic N) is 1. The molecule has 0 bridgehead atoms. The quantitative estimate of drug-likeness (QED) is 0.184. The van der Waals surface area contributed by atoms with E-state index in [2.05, 4.69) is 97.1 Å². The largest absolute Gasteiger partial charge is 0.478 e. The molecule has 0 aliphatic carbocycles. The third kappa shape index (κ3) is 6.79. The molecule has 0 aromatic heterocycles. The predicted molar refractivity (Wildman–Crippen MR) is 187 cm³/mol. The number of carbonyl (C=O) groups is 3. The van der Waals surface area contributed by atoms with Crippen molar-refractivity contribution >= 4 is 54.9 Å². The van der Waals surface area contributed by atoms with E-state index in [9.17, 15) is 24.6 Å². The Morgan fingerprint density at radius 1 is 0.609 bits per heavy atom. The minimum atomic E-state index is -1.38. The minimum Gasteiger partial charge on any atom is -0.478 e. The molecule has 0 spiro atoms. The van der Waals surface area contributed by atoms with Crippen LogP contribution in [0.5, 0.6) is 0 Å². The summed E-state index contributed by atoms with van der Waals surface area (Å²) < 4.78 is 0. The van der Waals surface area contributed by atoms with E-state index >= 15 is 0 Å². The summed E-state index contributed by atoms with van der Waals surface area (Å²) in [6, 6.07) is 45.6. The molecule has 6 rings (SSSR count). The maximum atomic E-state index is 14.4. The molecule has 5 aromatic carbocycles. The first kappa shape index (κ1) is 31.4. The van der Waals surface area contributed by atoms with Crippen LogP contribution in [-0.2, 0) is 0 Å². The van der Waals surface area contributed by atoms with Crippen LogP contribution in [-0.4, -0.2) is 57.4 Å². The van der Waals surface area contributed by atoms with Crippen LogP contribution in [0.3, 0.4) is 0 Å². The lowest BCUT2D eigenvalue weighted by Gasteiger charge is -2.29. The first-order valence-corrected chi connectivity index (χ1v) is 18.0. The van der Waals surface area contributed by atoms with Crippen LogP contribution in [0.15, 0.2) is 140 Å². The van der Waals surface area contributed by atoms with E-state index in [1.165, 1.54) is 39.4 Å². The lowest BCUT2D eigenvalue weighted by molar-refractivity contribution is 0.0650. The van der Waals surface area contributed by atoms with E-state index in [-0.39, 0.29) is 28.7 Å². The van der Waals surface area contributed by atoms with Gasteiger partial charge in [0.25, 0.3) is 5.91 Å². The summed E-state index contributed by atoms with van der Waals surface area (Å²) in [6.07, 6.45) is 1.54. The van der Waals surface area contributed by atoms with Gasteiger partial charge in [0.15, 0.2) is 0 Å². The summed E-state index contributed by atoms with van der Waals surface area (Å²) >= 11 is 0. The number of benzene rings is 5. The lowest BCUT2D eigenvalue weighted by Crippen LogP contribution is -2.39. The van der Waals surface area contributed by atoms with Crippen LogP contribution in [0.2, 0.25) is 0 Å². The fourth-order valence-corrected chi connectivity index (χ4v) is 11.7. The van der Waals surface area contributed by atoms with Gasteiger partial charge in [0, 0.05) is 23.8 Å². The number of carboxylic acids is 2. The topological polar surface area (TPSA) is 94.9 Å². The third-order valence-corrected chi connectivity index (χ3v) is 13.8. The maximum Gasteiger partial charge on any atom is 0.336 e. The van der Waals surface area contributed by atoms with E-state index in [0.29, 0.717) is 6.54 Å². The molecule has 0 saturated carbocycles. The molecule has 46 heavy (non-hydrogen) atoms. The van der Waals surface area contributed by atoms with Crippen molar-refractivity contribution in [2.45, 2.75) is 18.1 Å². The van der Waals surface area contributed by atoms with E-state index < -0.39 is 33.3 Å². The molecule has 6 nitrogen and oxygen atoms in total. The van der Waals surface area contributed by atoms with Gasteiger partial charge >= 0.3 is 11.9 Å². The molecule has 2 N–H and O–H groups in total. The highest BCUT2D eigenvalue weighted by Crippen LogP contribution is 2.48. The van der Waals surface area contributed by atoms with Crippen molar-refractivity contribution in [2.75, 3.05) is 12.7 Å². The van der Waals surface area contributed by atoms with Gasteiger partial charge in [0.2, 0.25) is 0 Å². The predicted octanol–water partition coefficient (Wildman–Crippen LogP) is 5.93. The number of aromatic carboxylic acids is 2. The van der Waals surface area contributed by atoms with E-state index in [0.717, 1.165) is 12.6 Å². The molecule has 2 atom stereocenters. The van der Waals surface area contributed by atoms with Gasteiger partial charge < -0.3 is 15.1 Å². The smallest absolute Gasteiger partial charge is 0.336 e. The van der Waals surface area contributed by atoms with Crippen LogP contribution in [0.4, 0.5) is 0 Å². The van der Waals surface area contributed by atoms with Crippen molar-refractivity contribution in [3.05, 3.63) is 156 Å². The molecule has 0 radical (unpaired) electrons. The molecule has 1 amide bonds. The van der Waals surface area contributed by atoms with Crippen molar-refractivity contribution in [2.24, 2.45) is 0 Å². The average Bonchev–Trinajstić information content (AvgIpc) is 3.51. The normalized spacial score (nSPS) is 16.1. The first-order valence-electron chi connectivity index (χ1n) is 15.1. The van der Waals surface area contributed by atoms with Crippen LogP contribution in [0.1, 0.15) is 37.5 Å². The Hall–Kier alpha value is -4.63. The molecule has 1 saturated heterocycles. The zero-order valence-corrected chi connectivity index (χ0v) is 26.8. The standard InChI is InChI=1S/C38H33NO5P2/c40-36(27-21-22-34(37(41)42)35(23-27)38(43)44)39-25-33(46(31-17-9-3-10-18-31)32-19-11-4-12-20-32)24-28(39)26-45(29-13-5-1-6-14-29)30-15-7-2-8-16-30/h1-23,28,33H,24-26H2,(H,41,42)(H,43,44). The third-order valence-electron chi connectivity index (χ3n) is 8.34. The van der Waals surface area contributed by atoms with Crippen LogP contribution >= 0.6 is 15.8 Å². The zero-order chi connectivity index (χ0) is 32.0. The Morgan fingerprint density at radius 2 is 1.07 bits per heavy atom. The van der Waals surface area contributed by atoms with Crippen molar-refractivity contribution in [1.82, 2.24) is 4.90 Å². The Bertz CT molecular complexity index is 1740. The van der Waals surface area contributed by atoms with Crippen molar-refractivity contribution in [1.29, 1.82) is 0 Å². The Kier molecular flexibility index (Phi) is 9.68. The van der Waals surface area contributed by atoms with E-state index in [4.69, 9.17) is 0 Å². The van der Waals surface area contributed by atoms with Crippen LogP contribution in [0, 0.1) is 0 Å². The molecular weight excluding hydrogens is 612 g/mol. The Balaban J connectivity index is 1.42. The highest BCUT2D eigenvalue weighted by molar-refractivity contribution is 7.74. The maximum absolute atomic E-state index is 14.4. The molecule has 1 fully saturated rings. The summed E-state index contributed by atoms with van der Waals surface area (Å²) in [7, 11) is -1.64. The number of rotatable bonds is 10. The van der Waals surface area contributed by atoms with Crippen LogP contribution < -0.4 is 21.2 Å². The summed E-state index contributed by atoms with van der Waals surface area (Å²) in [6.45, 7) is 0.509. The van der Waals surface area contributed by atoms with Gasteiger partial charge in [0.1, 0.15) is 0 Å². The number of hydrogen-bond acceptors (Lipinski definition) is 3. The molecule has 1 aliphatic heterocycles. The van der Waals surface area contributed by atoms with Crippen molar-refractivity contribution < 1.29 is 24.6 Å². The Morgan fingerprint density at radius 3 is 1.52 bits per heavy atom. The minimum absolute atomic E-state index is 0.117. The number of amides is 1. The second-order valence-corrected chi connectivity index (χ2v) is 16.0. The molecule has 8 heteroatoms. The average molecular weight is 646 g/mol. The second-order valence-electron chi connectivity index (χ2n) is 11.2. The summed E-state index contributed by atoms with van der Waals surface area (Å²) in [5.41, 5.74) is -0.388. The molecule has 2 unspecified atom stereocenters. The molecule has 230 valence electrons. The van der Waals surface area contributed by atoms with Crippen molar-refractivity contribution in [3.8, 4) is 0 Å². The summed E-state index contributed by atoms with van der Waals surface area (Å²) in [4.78, 5) is 40.1. The summed E-state index contributed by atoms with van der Waals surface area (Å²) in [5.74, 6) is -3.00. The molecular formula is C38H33NO5P2. The van der Waals surface area contributed by atoms with Gasteiger partial charge in [0.05, 0.1) is 11.1 Å². The van der Waals surface area contributed by atoms with Gasteiger partial charge in [-0.05, 0) is 67.8 Å². The summed E-state index contributed by atoms with van der Waals surface area (Å²) in [5, 5.41) is 24.3. The van der Waals surface area contributed by atoms with Gasteiger partial charge in [-0.3, -0.25) is 4.79 Å². The number of likely N-dealkylation sites (tertiary alicyclic amines) is 1. The molecule has 1 aliphatic rings. The number of carbonyl (C=O) groups excluding carboxylic acids is 1. The fourth-order valence-electron chi connectivity index (χ4n) is 6.24. The zero-order valence-electron chi connectivity index (χ0n) is 25.0. The van der Waals surface area contributed by atoms with Gasteiger partial charge in [-0.15, -0.1) is 0 Å². The monoisotopic (exact) mass is 645 g/mol. The van der Waals surface area contributed by atoms with E-state index in [1.54, 1.807) is 0 Å². The first-order chi connectivity index (χ1) is 22.4. The molecule has 5 aromatic rings. The highest BCUT2D eigenvalue weighted by atomic mass is 31.1. The number of carboxylic acid groups (broad SMARTS) is 2. The highest BCUT2D eigenvalue weighted by Gasteiger charge is 2.41. The fraction of sp³-hybridized carbons (Fsp3) is 0.132. The van der Waals surface area contributed by atoms with Gasteiger partial charge in [-0.1, -0.05) is 121 Å². The SMILES string of the molecule is O=C(O)c1ccc(C(=O)N2CC(P(c3ccccc3)c3ccccc3)CC2CP(c2ccccc2)c2ccccc2)cc1C(=O)O. The molecule has 1 heterocycles. The number of hydrogen-bond donors (Lipinski definition) is 2. The van der Waals surface area contributed by atoms with Crippen LogP contribution in [0.25, 0.3) is 0 Å². The van der Waals surface area contributed by atoms with Gasteiger partial charge in [-0.2, -0.15) is 0 Å². The van der Waals surface area contributed by atoms with E-state index in [1.807, 2.05) is 29.2 Å². The second kappa shape index (κ2) is 14.2. The lowest BCUT2D eigenvalue weighted by atomic mass is 10.0. The van der Waals surface area contributed by atoms with Gasteiger partial charge in [-0.25, -0.2) is 9.59 Å².